The number of aromatic nitrogens is 2. The van der Waals surface area contributed by atoms with Crippen LogP contribution in [-0.4, -0.2) is 35.4 Å². The Kier molecular flexibility index (Phi) is 4.65. The van der Waals surface area contributed by atoms with Crippen molar-refractivity contribution in [3.05, 3.63) is 54.1 Å². The second-order valence-electron chi connectivity index (χ2n) is 7.30. The van der Waals surface area contributed by atoms with E-state index in [4.69, 9.17) is 0 Å². The Hall–Kier alpha value is -1.66. The van der Waals surface area contributed by atoms with Gasteiger partial charge in [-0.2, -0.15) is 0 Å². The summed E-state index contributed by atoms with van der Waals surface area (Å²) >= 11 is 0. The maximum Gasteiger partial charge on any atom is 0.218 e. The maximum atomic E-state index is 12.7. The van der Waals surface area contributed by atoms with Crippen LogP contribution >= 0.6 is 0 Å². The fourth-order valence-electron chi connectivity index (χ4n) is 3.68. The molecule has 5 nitrogen and oxygen atoms in total. The van der Waals surface area contributed by atoms with Crippen molar-refractivity contribution in [2.75, 3.05) is 13.1 Å². The molecule has 0 amide bonds. The summed E-state index contributed by atoms with van der Waals surface area (Å²) in [7, 11) is -3.24. The highest BCUT2D eigenvalue weighted by Crippen LogP contribution is 2.33. The first-order valence-corrected chi connectivity index (χ1v) is 10.8. The molecule has 2 fully saturated rings. The van der Waals surface area contributed by atoms with E-state index >= 15 is 0 Å². The predicted molar refractivity (Wildman–Crippen MR) is 97.6 cm³/mol. The number of piperidine rings is 1. The maximum absolute atomic E-state index is 12.7. The summed E-state index contributed by atoms with van der Waals surface area (Å²) in [5, 5.41) is 0. The molecule has 1 aromatic carbocycles. The molecule has 1 aliphatic carbocycles. The molecule has 1 saturated carbocycles. The van der Waals surface area contributed by atoms with E-state index in [1.54, 1.807) is 4.31 Å². The van der Waals surface area contributed by atoms with Gasteiger partial charge in [0.2, 0.25) is 10.0 Å². The van der Waals surface area contributed by atoms with Gasteiger partial charge >= 0.3 is 0 Å². The lowest BCUT2D eigenvalue weighted by molar-refractivity contribution is 0.308. The van der Waals surface area contributed by atoms with E-state index in [-0.39, 0.29) is 5.75 Å². The summed E-state index contributed by atoms with van der Waals surface area (Å²) in [5.41, 5.74) is 0.851. The zero-order valence-electron chi connectivity index (χ0n) is 14.4. The number of imidazole rings is 1. The van der Waals surface area contributed by atoms with Gasteiger partial charge in [0.05, 0.1) is 5.75 Å². The Balaban J connectivity index is 1.38. The summed E-state index contributed by atoms with van der Waals surface area (Å²) in [6.45, 7) is 2.26. The van der Waals surface area contributed by atoms with Crippen LogP contribution in [0.15, 0.2) is 42.7 Å². The van der Waals surface area contributed by atoms with Crippen LogP contribution in [0.3, 0.4) is 0 Å². The molecular formula is C19H25N3O2S. The molecule has 0 N–H and O–H groups in total. The van der Waals surface area contributed by atoms with Crippen LogP contribution in [0.2, 0.25) is 0 Å². The molecule has 6 heteroatoms. The monoisotopic (exact) mass is 359 g/mol. The van der Waals surface area contributed by atoms with Gasteiger partial charge in [0.25, 0.3) is 0 Å². The minimum atomic E-state index is -3.24. The molecule has 0 radical (unpaired) electrons. The summed E-state index contributed by atoms with van der Waals surface area (Å²) in [4.78, 5) is 4.57. The third-order valence-corrected chi connectivity index (χ3v) is 7.15. The second kappa shape index (κ2) is 6.92. The van der Waals surface area contributed by atoms with Gasteiger partial charge in [0, 0.05) is 37.9 Å². The van der Waals surface area contributed by atoms with Gasteiger partial charge in [0.1, 0.15) is 5.82 Å². The first-order valence-electron chi connectivity index (χ1n) is 9.14. The number of nitrogens with zero attached hydrogens (tertiary/aromatic N) is 3. The van der Waals surface area contributed by atoms with Crippen molar-refractivity contribution in [2.24, 2.45) is 5.92 Å². The minimum Gasteiger partial charge on any atom is -0.334 e. The summed E-state index contributed by atoms with van der Waals surface area (Å²) < 4.78 is 29.3. The highest BCUT2D eigenvalue weighted by atomic mass is 32.2. The van der Waals surface area contributed by atoms with Crippen molar-refractivity contribution in [1.29, 1.82) is 0 Å². The lowest BCUT2D eigenvalue weighted by Gasteiger charge is -2.31. The quantitative estimate of drug-likeness (QED) is 0.797. The van der Waals surface area contributed by atoms with Crippen LogP contribution in [0.1, 0.15) is 43.0 Å². The Morgan fingerprint density at radius 1 is 1.04 bits per heavy atom. The molecule has 0 atom stereocenters. The van der Waals surface area contributed by atoms with Crippen LogP contribution in [0.4, 0.5) is 0 Å². The molecule has 25 heavy (non-hydrogen) atoms. The van der Waals surface area contributed by atoms with Crippen molar-refractivity contribution in [2.45, 2.75) is 43.9 Å². The van der Waals surface area contributed by atoms with Crippen LogP contribution < -0.4 is 0 Å². The van der Waals surface area contributed by atoms with Crippen LogP contribution in [-0.2, 0) is 22.3 Å². The molecule has 1 aliphatic heterocycles. The number of benzene rings is 1. The van der Waals surface area contributed by atoms with Crippen LogP contribution in [0.5, 0.6) is 0 Å². The van der Waals surface area contributed by atoms with Gasteiger partial charge in [-0.3, -0.25) is 0 Å². The average Bonchev–Trinajstić information content (AvgIpc) is 3.31. The molecule has 0 spiro atoms. The zero-order chi connectivity index (χ0) is 17.3. The SMILES string of the molecule is O=S(=O)(Cc1ccccc1)N1CCC(c2nccn2CC2CC2)CC1. The van der Waals surface area contributed by atoms with E-state index in [1.165, 1.54) is 12.8 Å². The van der Waals surface area contributed by atoms with Gasteiger partial charge in [-0.1, -0.05) is 30.3 Å². The number of sulfonamides is 1. The predicted octanol–water partition coefficient (Wildman–Crippen LogP) is 3.00. The fraction of sp³-hybridized carbons (Fsp3) is 0.526. The highest BCUT2D eigenvalue weighted by Gasteiger charge is 2.31. The molecule has 2 aromatic rings. The lowest BCUT2D eigenvalue weighted by Crippen LogP contribution is -2.39. The number of hydrogen-bond acceptors (Lipinski definition) is 3. The van der Waals surface area contributed by atoms with Crippen LogP contribution in [0.25, 0.3) is 0 Å². The third-order valence-electron chi connectivity index (χ3n) is 5.30. The Bertz CT molecular complexity index is 804. The molecule has 2 heterocycles. The first kappa shape index (κ1) is 16.8. The smallest absolute Gasteiger partial charge is 0.218 e. The summed E-state index contributed by atoms with van der Waals surface area (Å²) in [6.07, 6.45) is 8.33. The van der Waals surface area contributed by atoms with E-state index in [2.05, 4.69) is 15.7 Å². The van der Waals surface area contributed by atoms with Crippen LogP contribution in [0, 0.1) is 5.92 Å². The van der Waals surface area contributed by atoms with Crippen molar-refractivity contribution < 1.29 is 8.42 Å². The van der Waals surface area contributed by atoms with E-state index in [1.807, 2.05) is 36.5 Å². The third kappa shape index (κ3) is 3.96. The zero-order valence-corrected chi connectivity index (χ0v) is 15.2. The minimum absolute atomic E-state index is 0.0921. The summed E-state index contributed by atoms with van der Waals surface area (Å²) in [6, 6.07) is 9.43. The first-order chi connectivity index (χ1) is 12.1. The second-order valence-corrected chi connectivity index (χ2v) is 9.27. The van der Waals surface area contributed by atoms with E-state index < -0.39 is 10.0 Å². The van der Waals surface area contributed by atoms with Gasteiger partial charge in [-0.25, -0.2) is 17.7 Å². The molecule has 4 rings (SSSR count). The van der Waals surface area contributed by atoms with Gasteiger partial charge in [0.15, 0.2) is 0 Å². The van der Waals surface area contributed by atoms with E-state index in [0.29, 0.717) is 19.0 Å². The van der Waals surface area contributed by atoms with E-state index in [9.17, 15) is 8.42 Å². The average molecular weight is 359 g/mol. The van der Waals surface area contributed by atoms with Crippen molar-refractivity contribution in [1.82, 2.24) is 13.9 Å². The lowest BCUT2D eigenvalue weighted by atomic mass is 9.97. The Morgan fingerprint density at radius 2 is 1.76 bits per heavy atom. The summed E-state index contributed by atoms with van der Waals surface area (Å²) in [5.74, 6) is 2.43. The highest BCUT2D eigenvalue weighted by molar-refractivity contribution is 7.88. The fourth-order valence-corrected chi connectivity index (χ4v) is 5.25. The molecule has 0 bridgehead atoms. The van der Waals surface area contributed by atoms with E-state index in [0.717, 1.165) is 36.7 Å². The van der Waals surface area contributed by atoms with Gasteiger partial charge < -0.3 is 4.57 Å². The number of hydrogen-bond donors (Lipinski definition) is 0. The Labute approximate surface area is 149 Å². The standard InChI is InChI=1S/C19H25N3O2S/c23-25(24,15-17-4-2-1-3-5-17)22-11-8-18(9-12-22)19-20-10-13-21(19)14-16-6-7-16/h1-5,10,13,16,18H,6-9,11-12,14-15H2. The van der Waals surface area contributed by atoms with Crippen molar-refractivity contribution >= 4 is 10.0 Å². The molecular weight excluding hydrogens is 334 g/mol. The largest absolute Gasteiger partial charge is 0.334 e. The van der Waals surface area contributed by atoms with Crippen molar-refractivity contribution in [3.63, 3.8) is 0 Å². The molecule has 1 saturated heterocycles. The molecule has 2 aliphatic rings. The molecule has 134 valence electrons. The normalized spacial score (nSPS) is 20.0. The molecule has 1 aromatic heterocycles. The number of rotatable bonds is 6. The van der Waals surface area contributed by atoms with Gasteiger partial charge in [-0.05, 0) is 37.2 Å². The molecule has 0 unspecified atom stereocenters. The van der Waals surface area contributed by atoms with Crippen molar-refractivity contribution in [3.8, 4) is 0 Å². The van der Waals surface area contributed by atoms with Gasteiger partial charge in [-0.15, -0.1) is 0 Å². The topological polar surface area (TPSA) is 55.2 Å². The Morgan fingerprint density at radius 3 is 2.44 bits per heavy atom.